The van der Waals surface area contributed by atoms with Gasteiger partial charge in [-0.05, 0) is 57.0 Å². The highest BCUT2D eigenvalue weighted by molar-refractivity contribution is 6.14. The average molecular weight is 324 g/mol. The van der Waals surface area contributed by atoms with E-state index >= 15 is 0 Å². The lowest BCUT2D eigenvalue weighted by Gasteiger charge is -2.08. The number of imide groups is 1. The number of hydrogen-bond acceptors (Lipinski definition) is 3. The van der Waals surface area contributed by atoms with Crippen molar-refractivity contribution in [2.75, 3.05) is 6.54 Å². The molecule has 6 heteroatoms. The van der Waals surface area contributed by atoms with Gasteiger partial charge in [-0.25, -0.2) is 9.78 Å². The lowest BCUT2D eigenvalue weighted by Crippen LogP contribution is -2.30. The molecule has 1 aliphatic rings. The number of aryl methyl sites for hydroxylation is 2. The van der Waals surface area contributed by atoms with Gasteiger partial charge in [0.25, 0.3) is 5.91 Å². The maximum Gasteiger partial charge on any atom is 0.328 e. The summed E-state index contributed by atoms with van der Waals surface area (Å²) in [6.45, 7) is 8.09. The first-order chi connectivity index (χ1) is 11.4. The van der Waals surface area contributed by atoms with Gasteiger partial charge < -0.3 is 9.88 Å². The molecule has 0 unspecified atom stereocenters. The molecule has 0 bridgehead atoms. The first-order valence-electron chi connectivity index (χ1n) is 7.89. The number of pyridine rings is 1. The van der Waals surface area contributed by atoms with Crippen molar-refractivity contribution >= 4 is 18.0 Å². The highest BCUT2D eigenvalue weighted by Crippen LogP contribution is 2.23. The fourth-order valence-corrected chi connectivity index (χ4v) is 2.89. The van der Waals surface area contributed by atoms with Crippen molar-refractivity contribution in [2.45, 2.75) is 27.7 Å². The summed E-state index contributed by atoms with van der Waals surface area (Å²) in [7, 11) is 0. The van der Waals surface area contributed by atoms with Crippen molar-refractivity contribution in [3.05, 3.63) is 52.6 Å². The number of aromatic nitrogens is 2. The van der Waals surface area contributed by atoms with E-state index in [1.54, 1.807) is 13.0 Å². The van der Waals surface area contributed by atoms with Crippen LogP contribution >= 0.6 is 0 Å². The van der Waals surface area contributed by atoms with Crippen LogP contribution in [0.5, 0.6) is 0 Å². The Bertz CT molecular complexity index is 847. The normalized spacial score (nSPS) is 16.2. The van der Waals surface area contributed by atoms with E-state index in [-0.39, 0.29) is 11.9 Å². The molecule has 2 aromatic rings. The third-order valence-electron chi connectivity index (χ3n) is 4.17. The van der Waals surface area contributed by atoms with Gasteiger partial charge in [-0.15, -0.1) is 0 Å². The molecule has 2 aromatic heterocycles. The summed E-state index contributed by atoms with van der Waals surface area (Å²) in [5.74, 6) is 0.540. The van der Waals surface area contributed by atoms with Crippen LogP contribution in [0, 0.1) is 20.8 Å². The Hall–Kier alpha value is -2.89. The van der Waals surface area contributed by atoms with Gasteiger partial charge in [-0.2, -0.15) is 0 Å². The SMILES string of the molecule is CCN1C(=O)N/C(=C/c2cc(C)n(-c3ccc(C)cn3)c2C)C1=O. The lowest BCUT2D eigenvalue weighted by atomic mass is 10.2. The zero-order chi connectivity index (χ0) is 17.4. The van der Waals surface area contributed by atoms with E-state index in [2.05, 4.69) is 10.3 Å². The number of nitrogens with one attached hydrogen (secondary N) is 1. The summed E-state index contributed by atoms with van der Waals surface area (Å²) in [6.07, 6.45) is 3.55. The number of carbonyl (C=O) groups is 2. The fraction of sp³-hybridized carbons (Fsp3) is 0.278. The molecule has 124 valence electrons. The second-order valence-corrected chi connectivity index (χ2v) is 5.89. The number of carbonyl (C=O) groups excluding carboxylic acids is 2. The van der Waals surface area contributed by atoms with Gasteiger partial charge in [0.15, 0.2) is 0 Å². The van der Waals surface area contributed by atoms with E-state index in [1.165, 1.54) is 4.90 Å². The van der Waals surface area contributed by atoms with Crippen molar-refractivity contribution in [1.82, 2.24) is 19.8 Å². The van der Waals surface area contributed by atoms with Crippen LogP contribution < -0.4 is 5.32 Å². The molecule has 3 heterocycles. The fourth-order valence-electron chi connectivity index (χ4n) is 2.89. The average Bonchev–Trinajstić information content (AvgIpc) is 2.97. The Morgan fingerprint density at radius 2 is 1.96 bits per heavy atom. The summed E-state index contributed by atoms with van der Waals surface area (Å²) in [4.78, 5) is 29.6. The van der Waals surface area contributed by atoms with E-state index in [1.807, 2.05) is 49.7 Å². The molecule has 1 N–H and O–H groups in total. The van der Waals surface area contributed by atoms with Gasteiger partial charge in [-0.3, -0.25) is 9.69 Å². The predicted molar refractivity (Wildman–Crippen MR) is 91.7 cm³/mol. The van der Waals surface area contributed by atoms with Crippen LogP contribution in [0.3, 0.4) is 0 Å². The minimum atomic E-state index is -0.372. The number of nitrogens with zero attached hydrogens (tertiary/aromatic N) is 3. The summed E-state index contributed by atoms with van der Waals surface area (Å²) < 4.78 is 2.03. The lowest BCUT2D eigenvalue weighted by molar-refractivity contribution is -0.122. The van der Waals surface area contributed by atoms with Gasteiger partial charge in [0.2, 0.25) is 0 Å². The molecule has 1 fully saturated rings. The summed E-state index contributed by atoms with van der Waals surface area (Å²) in [5.41, 5.74) is 4.27. The number of urea groups is 1. The molecule has 0 radical (unpaired) electrons. The molecule has 0 aromatic carbocycles. The largest absolute Gasteiger partial charge is 0.328 e. The molecule has 0 saturated carbocycles. The van der Waals surface area contributed by atoms with Crippen LogP contribution in [-0.4, -0.2) is 32.9 Å². The molecular weight excluding hydrogens is 304 g/mol. The molecular formula is C18H20N4O2. The van der Waals surface area contributed by atoms with Crippen molar-refractivity contribution in [3.63, 3.8) is 0 Å². The molecule has 0 aliphatic carbocycles. The maximum atomic E-state index is 12.2. The Labute approximate surface area is 140 Å². The van der Waals surface area contributed by atoms with Crippen molar-refractivity contribution in [3.8, 4) is 5.82 Å². The Morgan fingerprint density at radius 3 is 2.54 bits per heavy atom. The molecule has 3 amide bonds. The summed E-state index contributed by atoms with van der Waals surface area (Å²) in [6, 6.07) is 5.59. The second kappa shape index (κ2) is 5.96. The summed E-state index contributed by atoms with van der Waals surface area (Å²) in [5, 5.41) is 2.63. The Balaban J connectivity index is 2.01. The van der Waals surface area contributed by atoms with Crippen LogP contribution in [0.4, 0.5) is 4.79 Å². The van der Waals surface area contributed by atoms with E-state index in [9.17, 15) is 9.59 Å². The smallest absolute Gasteiger partial charge is 0.303 e. The second-order valence-electron chi connectivity index (χ2n) is 5.89. The standard InChI is InChI=1S/C18H20N4O2/c1-5-21-17(23)15(20-18(21)24)9-14-8-12(3)22(13(14)4)16-7-6-11(2)10-19-16/h6-10H,5H2,1-4H3,(H,20,24)/b15-9+. The monoisotopic (exact) mass is 324 g/mol. The molecule has 3 rings (SSSR count). The topological polar surface area (TPSA) is 67.2 Å². The van der Waals surface area contributed by atoms with Gasteiger partial charge >= 0.3 is 6.03 Å². The van der Waals surface area contributed by atoms with Gasteiger partial charge in [-0.1, -0.05) is 6.07 Å². The molecule has 0 spiro atoms. The van der Waals surface area contributed by atoms with Gasteiger partial charge in [0, 0.05) is 24.1 Å². The summed E-state index contributed by atoms with van der Waals surface area (Å²) >= 11 is 0. The molecule has 24 heavy (non-hydrogen) atoms. The van der Waals surface area contributed by atoms with Crippen molar-refractivity contribution < 1.29 is 9.59 Å². The minimum absolute atomic E-state index is 0.291. The molecule has 0 atom stereocenters. The first-order valence-corrected chi connectivity index (χ1v) is 7.89. The molecule has 1 aliphatic heterocycles. The minimum Gasteiger partial charge on any atom is -0.303 e. The zero-order valence-electron chi connectivity index (χ0n) is 14.3. The van der Waals surface area contributed by atoms with Gasteiger partial charge in [0.1, 0.15) is 11.5 Å². The number of hydrogen-bond donors (Lipinski definition) is 1. The first kappa shape index (κ1) is 16.0. The predicted octanol–water partition coefficient (Wildman–Crippen LogP) is 2.71. The Morgan fingerprint density at radius 1 is 1.21 bits per heavy atom. The Kier molecular flexibility index (Phi) is 3.97. The van der Waals surface area contributed by atoms with E-state index in [4.69, 9.17) is 0 Å². The number of rotatable bonds is 3. The quantitative estimate of drug-likeness (QED) is 0.697. The number of amides is 3. The van der Waals surface area contributed by atoms with Crippen LogP contribution in [0.1, 0.15) is 29.4 Å². The van der Waals surface area contributed by atoms with Crippen molar-refractivity contribution in [1.29, 1.82) is 0 Å². The van der Waals surface area contributed by atoms with Gasteiger partial charge in [0.05, 0.1) is 0 Å². The third-order valence-corrected chi connectivity index (χ3v) is 4.17. The highest BCUT2D eigenvalue weighted by atomic mass is 16.2. The highest BCUT2D eigenvalue weighted by Gasteiger charge is 2.32. The third kappa shape index (κ3) is 2.60. The van der Waals surface area contributed by atoms with Crippen molar-refractivity contribution in [2.24, 2.45) is 0 Å². The van der Waals surface area contributed by atoms with E-state index in [0.29, 0.717) is 12.2 Å². The van der Waals surface area contributed by atoms with Crippen LogP contribution in [0.15, 0.2) is 30.1 Å². The molecule has 6 nitrogen and oxygen atoms in total. The molecule has 1 saturated heterocycles. The maximum absolute atomic E-state index is 12.2. The van der Waals surface area contributed by atoms with E-state index < -0.39 is 0 Å². The van der Waals surface area contributed by atoms with E-state index in [0.717, 1.165) is 28.3 Å². The zero-order valence-corrected chi connectivity index (χ0v) is 14.3. The van der Waals surface area contributed by atoms with Crippen LogP contribution in [0.2, 0.25) is 0 Å². The van der Waals surface area contributed by atoms with Crippen LogP contribution in [-0.2, 0) is 4.79 Å². The number of likely N-dealkylation sites (N-methyl/N-ethyl adjacent to an activating group) is 1. The van der Waals surface area contributed by atoms with Crippen LogP contribution in [0.25, 0.3) is 11.9 Å².